The van der Waals surface area contributed by atoms with Crippen molar-refractivity contribution in [3.8, 4) is 5.75 Å². The Bertz CT molecular complexity index is 632. The normalized spacial score (nSPS) is 18.9. The molecule has 2 rings (SSSR count). The molecule has 0 bridgehead atoms. The van der Waals surface area contributed by atoms with Crippen LogP contribution in [-0.4, -0.2) is 46.0 Å². The van der Waals surface area contributed by atoms with Crippen LogP contribution in [0, 0.1) is 5.92 Å². The van der Waals surface area contributed by atoms with Gasteiger partial charge in [-0.1, -0.05) is 11.6 Å². The Labute approximate surface area is 145 Å². The summed E-state index contributed by atoms with van der Waals surface area (Å²) in [5, 5.41) is 2.87. The predicted octanol–water partition coefficient (Wildman–Crippen LogP) is 2.59. The van der Waals surface area contributed by atoms with Gasteiger partial charge in [0.25, 0.3) is 0 Å². The Morgan fingerprint density at radius 3 is 2.74 bits per heavy atom. The van der Waals surface area contributed by atoms with Gasteiger partial charge in [0.2, 0.25) is 10.0 Å². The van der Waals surface area contributed by atoms with Gasteiger partial charge >= 0.3 is 6.61 Å². The molecular formula is C13H18Cl2F2N2O3S. The summed E-state index contributed by atoms with van der Waals surface area (Å²) >= 11 is 5.81. The number of sulfonamides is 1. The maximum Gasteiger partial charge on any atom is 0.387 e. The van der Waals surface area contributed by atoms with E-state index < -0.39 is 16.6 Å². The number of hydrogen-bond acceptors (Lipinski definition) is 4. The first-order valence-corrected chi connectivity index (χ1v) is 8.55. The lowest BCUT2D eigenvalue weighted by Crippen LogP contribution is -2.30. The molecule has 1 N–H and O–H groups in total. The van der Waals surface area contributed by atoms with Gasteiger partial charge in [-0.25, -0.2) is 8.42 Å². The third-order valence-electron chi connectivity index (χ3n) is 3.50. The SMILES string of the molecule is CNCC1CCN(S(=O)(=O)c2ccc(OC(F)F)c(Cl)c2)C1.Cl. The average Bonchev–Trinajstić information content (AvgIpc) is 2.90. The minimum absolute atomic E-state index is 0. The molecule has 1 saturated heterocycles. The topological polar surface area (TPSA) is 58.6 Å². The highest BCUT2D eigenvalue weighted by Gasteiger charge is 2.32. The Hall–Kier alpha value is -0.670. The van der Waals surface area contributed by atoms with E-state index in [0.717, 1.165) is 25.1 Å². The second-order valence-electron chi connectivity index (χ2n) is 5.05. The molecule has 10 heteroatoms. The highest BCUT2D eigenvalue weighted by molar-refractivity contribution is 7.89. The van der Waals surface area contributed by atoms with E-state index in [0.29, 0.717) is 13.1 Å². The lowest BCUT2D eigenvalue weighted by Gasteiger charge is -2.17. The molecule has 1 atom stereocenters. The number of halogens is 4. The predicted molar refractivity (Wildman–Crippen MR) is 86.1 cm³/mol. The molecule has 1 unspecified atom stereocenters. The molecule has 1 aromatic carbocycles. The van der Waals surface area contributed by atoms with E-state index in [9.17, 15) is 17.2 Å². The summed E-state index contributed by atoms with van der Waals surface area (Å²) in [7, 11) is -1.86. The van der Waals surface area contributed by atoms with Crippen LogP contribution in [-0.2, 0) is 10.0 Å². The lowest BCUT2D eigenvalue weighted by atomic mass is 10.1. The van der Waals surface area contributed by atoms with Crippen LogP contribution >= 0.6 is 24.0 Å². The van der Waals surface area contributed by atoms with Crippen LogP contribution in [0.2, 0.25) is 5.02 Å². The van der Waals surface area contributed by atoms with Crippen molar-refractivity contribution < 1.29 is 21.9 Å². The zero-order valence-corrected chi connectivity index (χ0v) is 14.7. The average molecular weight is 391 g/mol. The molecule has 132 valence electrons. The fraction of sp³-hybridized carbons (Fsp3) is 0.538. The number of rotatable bonds is 6. The summed E-state index contributed by atoms with van der Waals surface area (Å²) in [6, 6.07) is 3.51. The van der Waals surface area contributed by atoms with E-state index in [1.165, 1.54) is 10.4 Å². The third-order valence-corrected chi connectivity index (χ3v) is 5.66. The molecule has 1 aliphatic rings. The van der Waals surface area contributed by atoms with Crippen LogP contribution in [0.5, 0.6) is 5.75 Å². The van der Waals surface area contributed by atoms with Crippen molar-refractivity contribution in [1.29, 1.82) is 0 Å². The van der Waals surface area contributed by atoms with Gasteiger partial charge < -0.3 is 10.1 Å². The second kappa shape index (κ2) is 8.43. The van der Waals surface area contributed by atoms with Gasteiger partial charge in [-0.15, -0.1) is 12.4 Å². The Morgan fingerprint density at radius 2 is 2.17 bits per heavy atom. The summed E-state index contributed by atoms with van der Waals surface area (Å²) in [5.41, 5.74) is 0. The van der Waals surface area contributed by atoms with E-state index >= 15 is 0 Å². The molecule has 0 saturated carbocycles. The lowest BCUT2D eigenvalue weighted by molar-refractivity contribution is -0.0498. The second-order valence-corrected chi connectivity index (χ2v) is 7.39. The summed E-state index contributed by atoms with van der Waals surface area (Å²) in [6.07, 6.45) is 0.778. The Morgan fingerprint density at radius 1 is 1.48 bits per heavy atom. The molecular weight excluding hydrogens is 373 g/mol. The van der Waals surface area contributed by atoms with E-state index in [1.54, 1.807) is 0 Å². The number of hydrogen-bond donors (Lipinski definition) is 1. The third kappa shape index (κ3) is 4.90. The Balaban J connectivity index is 0.00000264. The van der Waals surface area contributed by atoms with Crippen molar-refractivity contribution in [3.05, 3.63) is 23.2 Å². The van der Waals surface area contributed by atoms with Gasteiger partial charge in [-0.05, 0) is 44.1 Å². The molecule has 0 amide bonds. The van der Waals surface area contributed by atoms with E-state index in [1.807, 2.05) is 7.05 Å². The fourth-order valence-corrected chi connectivity index (χ4v) is 4.30. The zero-order valence-electron chi connectivity index (χ0n) is 12.3. The van der Waals surface area contributed by atoms with Gasteiger partial charge in [0.1, 0.15) is 5.75 Å². The minimum Gasteiger partial charge on any atom is -0.433 e. The van der Waals surface area contributed by atoms with Crippen LogP contribution < -0.4 is 10.1 Å². The van der Waals surface area contributed by atoms with Crippen molar-refractivity contribution in [2.75, 3.05) is 26.7 Å². The highest BCUT2D eigenvalue weighted by atomic mass is 35.5. The molecule has 0 aromatic heterocycles. The van der Waals surface area contributed by atoms with E-state index in [-0.39, 0.29) is 34.0 Å². The van der Waals surface area contributed by atoms with Crippen LogP contribution in [0.3, 0.4) is 0 Å². The van der Waals surface area contributed by atoms with Crippen LogP contribution in [0.15, 0.2) is 23.1 Å². The van der Waals surface area contributed by atoms with Crippen molar-refractivity contribution in [2.45, 2.75) is 17.9 Å². The van der Waals surface area contributed by atoms with Crippen molar-refractivity contribution in [3.63, 3.8) is 0 Å². The summed E-state index contributed by atoms with van der Waals surface area (Å²) < 4.78 is 55.0. The monoisotopic (exact) mass is 390 g/mol. The molecule has 1 aliphatic heterocycles. The standard InChI is InChI=1S/C13H17ClF2N2O3S.ClH/c1-17-7-9-4-5-18(8-9)22(19,20)10-2-3-12(11(14)6-10)21-13(15)16;/h2-3,6,9,13,17H,4-5,7-8H2,1H3;1H. The summed E-state index contributed by atoms with van der Waals surface area (Å²) in [5.74, 6) is 0.0155. The molecule has 0 radical (unpaired) electrons. The first kappa shape index (κ1) is 20.4. The number of nitrogens with one attached hydrogen (secondary N) is 1. The van der Waals surface area contributed by atoms with Crippen molar-refractivity contribution in [1.82, 2.24) is 9.62 Å². The van der Waals surface area contributed by atoms with Gasteiger partial charge in [-0.2, -0.15) is 13.1 Å². The number of ether oxygens (including phenoxy) is 1. The number of benzene rings is 1. The molecule has 1 heterocycles. The minimum atomic E-state index is -3.68. The highest BCUT2D eigenvalue weighted by Crippen LogP contribution is 2.31. The van der Waals surface area contributed by atoms with E-state index in [2.05, 4.69) is 10.1 Å². The maximum atomic E-state index is 12.5. The quantitative estimate of drug-likeness (QED) is 0.810. The smallest absolute Gasteiger partial charge is 0.387 e. The van der Waals surface area contributed by atoms with Gasteiger partial charge in [0.15, 0.2) is 0 Å². The van der Waals surface area contributed by atoms with Crippen molar-refractivity contribution >= 4 is 34.0 Å². The van der Waals surface area contributed by atoms with Crippen LogP contribution in [0.25, 0.3) is 0 Å². The molecule has 1 fully saturated rings. The zero-order chi connectivity index (χ0) is 16.3. The molecule has 23 heavy (non-hydrogen) atoms. The number of alkyl halides is 2. The van der Waals surface area contributed by atoms with Crippen molar-refractivity contribution in [2.24, 2.45) is 5.92 Å². The Kier molecular flexibility index (Phi) is 7.47. The van der Waals surface area contributed by atoms with Crippen LogP contribution in [0.1, 0.15) is 6.42 Å². The fourth-order valence-electron chi connectivity index (χ4n) is 2.45. The van der Waals surface area contributed by atoms with Gasteiger partial charge in [0, 0.05) is 13.1 Å². The summed E-state index contributed by atoms with van der Waals surface area (Å²) in [4.78, 5) is -0.0239. The van der Waals surface area contributed by atoms with Crippen LogP contribution in [0.4, 0.5) is 8.78 Å². The largest absolute Gasteiger partial charge is 0.433 e. The molecule has 1 aromatic rings. The maximum absolute atomic E-state index is 12.5. The molecule has 5 nitrogen and oxygen atoms in total. The first-order chi connectivity index (χ1) is 10.3. The van der Waals surface area contributed by atoms with Gasteiger partial charge in [-0.3, -0.25) is 0 Å². The molecule has 0 aliphatic carbocycles. The summed E-state index contributed by atoms with van der Waals surface area (Å²) in [6.45, 7) is -1.41. The first-order valence-electron chi connectivity index (χ1n) is 6.73. The van der Waals surface area contributed by atoms with E-state index in [4.69, 9.17) is 11.6 Å². The van der Waals surface area contributed by atoms with Gasteiger partial charge in [0.05, 0.1) is 9.92 Å². The molecule has 0 spiro atoms. The number of nitrogens with zero attached hydrogens (tertiary/aromatic N) is 1.